The van der Waals surface area contributed by atoms with Crippen LogP contribution in [-0.4, -0.2) is 50.3 Å². The fraction of sp³-hybridized carbons (Fsp3) is 0.400. The van der Waals surface area contributed by atoms with Crippen molar-refractivity contribution in [2.75, 3.05) is 26.2 Å². The van der Waals surface area contributed by atoms with Crippen LogP contribution in [0.1, 0.15) is 30.9 Å². The lowest BCUT2D eigenvalue weighted by molar-refractivity contribution is -0.133. The minimum atomic E-state index is -1.07. The van der Waals surface area contributed by atoms with Gasteiger partial charge in [0.15, 0.2) is 23.0 Å². The van der Waals surface area contributed by atoms with Crippen molar-refractivity contribution >= 4 is 17.5 Å². The summed E-state index contributed by atoms with van der Waals surface area (Å²) >= 11 is 0. The molecule has 0 bridgehead atoms. The maximum Gasteiger partial charge on any atom is 0.295 e. The number of Topliss-reactive ketones (excluding diaryl/α,β-unsaturated/α-hetero) is 1. The molecular weight excluding hydrogens is 443 g/mol. The second kappa shape index (κ2) is 8.62. The molecular formula is C25H25FN2O6. The summed E-state index contributed by atoms with van der Waals surface area (Å²) in [6.45, 7) is 0. The molecule has 0 N–H and O–H groups in total. The van der Waals surface area contributed by atoms with E-state index in [2.05, 4.69) is 4.98 Å². The largest absolute Gasteiger partial charge is 0.496 e. The average molecular weight is 468 g/mol. The first kappa shape index (κ1) is 22.2. The average Bonchev–Trinajstić information content (AvgIpc) is 3.16. The summed E-state index contributed by atoms with van der Waals surface area (Å²) in [7, 11) is 4.50. The monoisotopic (exact) mass is 468 g/mol. The van der Waals surface area contributed by atoms with Crippen molar-refractivity contribution in [2.24, 2.45) is 5.92 Å². The van der Waals surface area contributed by atoms with E-state index in [9.17, 15) is 14.0 Å². The van der Waals surface area contributed by atoms with Crippen molar-refractivity contribution < 1.29 is 32.9 Å². The Balaban J connectivity index is 1.71. The number of anilines is 1. The number of aromatic nitrogens is 1. The summed E-state index contributed by atoms with van der Waals surface area (Å²) in [6.07, 6.45) is 0.748. The van der Waals surface area contributed by atoms with E-state index in [-0.39, 0.29) is 23.5 Å². The fourth-order valence-electron chi connectivity index (χ4n) is 5.11. The number of carbonyl (C=O) groups is 2. The molecule has 178 valence electrons. The Kier molecular flexibility index (Phi) is 5.63. The van der Waals surface area contributed by atoms with Gasteiger partial charge in [-0.15, -0.1) is 0 Å². The molecule has 2 aromatic rings. The first-order chi connectivity index (χ1) is 16.5. The van der Waals surface area contributed by atoms with Gasteiger partial charge < -0.3 is 18.9 Å². The van der Waals surface area contributed by atoms with E-state index >= 15 is 0 Å². The van der Waals surface area contributed by atoms with Gasteiger partial charge in [0.2, 0.25) is 0 Å². The van der Waals surface area contributed by atoms with Gasteiger partial charge in [-0.05, 0) is 37.5 Å². The van der Waals surface area contributed by atoms with Crippen LogP contribution >= 0.6 is 0 Å². The normalized spacial score (nSPS) is 26.1. The van der Waals surface area contributed by atoms with Crippen LogP contribution in [0.15, 0.2) is 47.9 Å². The van der Waals surface area contributed by atoms with E-state index in [0.29, 0.717) is 41.5 Å². The Morgan fingerprint density at radius 1 is 1.03 bits per heavy atom. The quantitative estimate of drug-likeness (QED) is 0.663. The van der Waals surface area contributed by atoms with E-state index in [4.69, 9.17) is 18.9 Å². The van der Waals surface area contributed by atoms with E-state index in [1.807, 2.05) is 0 Å². The van der Waals surface area contributed by atoms with Crippen LogP contribution in [0.25, 0.3) is 0 Å². The van der Waals surface area contributed by atoms with Gasteiger partial charge >= 0.3 is 0 Å². The molecule has 3 aliphatic rings. The Bertz CT molecular complexity index is 1170. The summed E-state index contributed by atoms with van der Waals surface area (Å²) in [4.78, 5) is 33.2. The zero-order chi connectivity index (χ0) is 24.0. The van der Waals surface area contributed by atoms with Gasteiger partial charge in [-0.3, -0.25) is 14.5 Å². The number of halogens is 1. The van der Waals surface area contributed by atoms with E-state index in [1.165, 1.54) is 26.2 Å². The highest BCUT2D eigenvalue weighted by atomic mass is 19.1. The third-order valence-corrected chi connectivity index (χ3v) is 6.71. The molecule has 9 heteroatoms. The zero-order valence-electron chi connectivity index (χ0n) is 19.1. The van der Waals surface area contributed by atoms with Gasteiger partial charge in [-0.2, -0.15) is 0 Å². The Labute approximate surface area is 196 Å². The summed E-state index contributed by atoms with van der Waals surface area (Å²) in [6, 6.07) is 7.61. The van der Waals surface area contributed by atoms with E-state index in [1.54, 1.807) is 36.5 Å². The van der Waals surface area contributed by atoms with E-state index in [0.717, 1.165) is 0 Å². The molecule has 34 heavy (non-hydrogen) atoms. The highest BCUT2D eigenvalue weighted by Crippen LogP contribution is 2.51. The SMILES string of the molecule is COc1cc(OC)c(C2C3=C(OC4CCC(F)CC4C3=O)C(=O)N2c2ccccn2)cc1OC. The molecule has 1 aliphatic carbocycles. The number of benzene rings is 1. The molecule has 4 atom stereocenters. The van der Waals surface area contributed by atoms with Crippen molar-refractivity contribution in [3.63, 3.8) is 0 Å². The number of amides is 1. The number of pyridine rings is 1. The van der Waals surface area contributed by atoms with Crippen LogP contribution in [0, 0.1) is 5.92 Å². The number of methoxy groups -OCH3 is 3. The second-order valence-corrected chi connectivity index (χ2v) is 8.49. The number of hydrogen-bond donors (Lipinski definition) is 0. The molecule has 0 saturated heterocycles. The van der Waals surface area contributed by atoms with E-state index < -0.39 is 30.1 Å². The van der Waals surface area contributed by atoms with Crippen LogP contribution < -0.4 is 19.1 Å². The van der Waals surface area contributed by atoms with Crippen LogP contribution in [0.2, 0.25) is 0 Å². The number of rotatable bonds is 5. The molecule has 3 heterocycles. The van der Waals surface area contributed by atoms with Crippen molar-refractivity contribution in [1.29, 1.82) is 0 Å². The molecule has 1 aromatic carbocycles. The lowest BCUT2D eigenvalue weighted by atomic mass is 9.77. The maximum absolute atomic E-state index is 14.2. The summed E-state index contributed by atoms with van der Waals surface area (Å²) < 4.78 is 36.9. The van der Waals surface area contributed by atoms with Crippen molar-refractivity contribution in [3.8, 4) is 17.2 Å². The van der Waals surface area contributed by atoms with Crippen LogP contribution in [0.5, 0.6) is 17.2 Å². The highest BCUT2D eigenvalue weighted by molar-refractivity contribution is 6.17. The third-order valence-electron chi connectivity index (χ3n) is 6.71. The van der Waals surface area contributed by atoms with Crippen LogP contribution in [-0.2, 0) is 14.3 Å². The number of carbonyl (C=O) groups excluding carboxylic acids is 2. The van der Waals surface area contributed by atoms with Gasteiger partial charge in [0, 0.05) is 17.8 Å². The van der Waals surface area contributed by atoms with Gasteiger partial charge in [-0.25, -0.2) is 9.37 Å². The number of hydrogen-bond acceptors (Lipinski definition) is 7. The zero-order valence-corrected chi connectivity index (χ0v) is 19.1. The lowest BCUT2D eigenvalue weighted by Gasteiger charge is -2.36. The number of ketones is 1. The molecule has 1 amide bonds. The van der Waals surface area contributed by atoms with Gasteiger partial charge in [0.1, 0.15) is 29.9 Å². The second-order valence-electron chi connectivity index (χ2n) is 8.49. The topological polar surface area (TPSA) is 87.2 Å². The Hall–Kier alpha value is -3.62. The van der Waals surface area contributed by atoms with Crippen molar-refractivity contribution in [2.45, 2.75) is 37.6 Å². The fourth-order valence-corrected chi connectivity index (χ4v) is 5.11. The van der Waals surface area contributed by atoms with Crippen LogP contribution in [0.3, 0.4) is 0 Å². The van der Waals surface area contributed by atoms with Gasteiger partial charge in [0.05, 0.1) is 32.8 Å². The molecule has 2 aliphatic heterocycles. The molecule has 0 spiro atoms. The Morgan fingerprint density at radius 2 is 1.76 bits per heavy atom. The standard InChI is InChI=1S/C25H25FN2O6/c1-31-17-12-19(33-3)18(32-2)11-14(17)22-21-23(29)15-10-13(26)7-8-16(15)34-24(21)25(30)28(22)20-6-4-5-9-27-20/h4-6,9,11-13,15-16,22H,7-8,10H2,1-3H3. The first-order valence-corrected chi connectivity index (χ1v) is 11.1. The number of ether oxygens (including phenoxy) is 4. The number of fused-ring (bicyclic) bond motifs is 1. The molecule has 8 nitrogen and oxygen atoms in total. The molecule has 5 rings (SSSR count). The predicted molar refractivity (Wildman–Crippen MR) is 120 cm³/mol. The Morgan fingerprint density at radius 3 is 2.44 bits per heavy atom. The van der Waals surface area contributed by atoms with Crippen LogP contribution in [0.4, 0.5) is 10.2 Å². The molecule has 1 fully saturated rings. The van der Waals surface area contributed by atoms with Gasteiger partial charge in [0.25, 0.3) is 5.91 Å². The summed E-state index contributed by atoms with van der Waals surface area (Å²) in [5, 5.41) is 0. The minimum absolute atomic E-state index is 0.00366. The molecule has 4 unspecified atom stereocenters. The summed E-state index contributed by atoms with van der Waals surface area (Å²) in [5.41, 5.74) is 0.698. The maximum atomic E-state index is 14.2. The minimum Gasteiger partial charge on any atom is -0.496 e. The van der Waals surface area contributed by atoms with Crippen molar-refractivity contribution in [3.05, 3.63) is 53.4 Å². The van der Waals surface area contributed by atoms with Crippen molar-refractivity contribution in [1.82, 2.24) is 4.98 Å². The van der Waals surface area contributed by atoms with Gasteiger partial charge in [-0.1, -0.05) is 6.07 Å². The number of nitrogens with zero attached hydrogens (tertiary/aromatic N) is 2. The predicted octanol–water partition coefficient (Wildman–Crippen LogP) is 3.56. The number of alkyl halides is 1. The first-order valence-electron chi connectivity index (χ1n) is 11.1. The molecule has 1 saturated carbocycles. The highest BCUT2D eigenvalue weighted by Gasteiger charge is 2.54. The molecule has 0 radical (unpaired) electrons. The summed E-state index contributed by atoms with van der Waals surface area (Å²) in [5.74, 6) is 0.198. The third kappa shape index (κ3) is 3.38. The lowest BCUT2D eigenvalue weighted by Crippen LogP contribution is -2.42. The smallest absolute Gasteiger partial charge is 0.295 e. The molecule has 1 aromatic heterocycles.